The molecule has 1 N–H and O–H groups in total. The second-order valence-corrected chi connectivity index (χ2v) is 7.93. The highest BCUT2D eigenvalue weighted by Gasteiger charge is 2.25. The van der Waals surface area contributed by atoms with Crippen molar-refractivity contribution in [3.63, 3.8) is 0 Å². The Bertz CT molecular complexity index is 889. The fourth-order valence-corrected chi connectivity index (χ4v) is 4.32. The van der Waals surface area contributed by atoms with E-state index in [9.17, 15) is 4.79 Å². The van der Waals surface area contributed by atoms with Gasteiger partial charge in [-0.1, -0.05) is 24.3 Å². The van der Waals surface area contributed by atoms with Crippen molar-refractivity contribution < 1.29 is 4.79 Å². The Morgan fingerprint density at radius 2 is 1.96 bits per heavy atom. The van der Waals surface area contributed by atoms with E-state index >= 15 is 0 Å². The van der Waals surface area contributed by atoms with Crippen LogP contribution in [0.1, 0.15) is 18.4 Å². The van der Waals surface area contributed by atoms with Crippen molar-refractivity contribution in [2.75, 3.05) is 20.1 Å². The molecule has 7 heteroatoms. The molecule has 1 fully saturated rings. The van der Waals surface area contributed by atoms with Crippen molar-refractivity contribution in [2.45, 2.75) is 19.4 Å². The van der Waals surface area contributed by atoms with Gasteiger partial charge in [-0.05, 0) is 49.5 Å². The Labute approximate surface area is 175 Å². The molecule has 2 aromatic heterocycles. The van der Waals surface area contributed by atoms with Crippen molar-refractivity contribution in [2.24, 2.45) is 5.92 Å². The number of hydrogen-bond donors (Lipinski definition) is 1. The normalized spacial score (nSPS) is 14.5. The minimum Gasteiger partial charge on any atom is -0.341 e. The third-order valence-electron chi connectivity index (χ3n) is 5.04. The number of hydrogen-bond acceptors (Lipinski definition) is 4. The van der Waals surface area contributed by atoms with Gasteiger partial charge < -0.3 is 10.2 Å². The van der Waals surface area contributed by atoms with Crippen LogP contribution in [-0.2, 0) is 11.3 Å². The van der Waals surface area contributed by atoms with Crippen molar-refractivity contribution in [3.8, 4) is 16.3 Å². The zero-order valence-electron chi connectivity index (χ0n) is 15.9. The number of piperidine rings is 1. The highest BCUT2D eigenvalue weighted by molar-refractivity contribution is 7.13. The summed E-state index contributed by atoms with van der Waals surface area (Å²) in [6.07, 6.45) is 3.89. The molecule has 0 bridgehead atoms. The van der Waals surface area contributed by atoms with E-state index in [0.29, 0.717) is 6.54 Å². The number of amides is 1. The summed E-state index contributed by atoms with van der Waals surface area (Å²) in [6, 6.07) is 14.2. The Morgan fingerprint density at radius 3 is 2.64 bits per heavy atom. The van der Waals surface area contributed by atoms with Gasteiger partial charge in [-0.15, -0.1) is 23.7 Å². The molecule has 148 valence electrons. The summed E-state index contributed by atoms with van der Waals surface area (Å²) < 4.78 is 1.91. The molecule has 1 aliphatic rings. The number of thiophene rings is 1. The molecule has 1 amide bonds. The number of para-hydroxylation sites is 1. The standard InChI is InChI=1S/C21H24N4OS.ClH/c1-24(21(26)16-9-11-22-12-10-16)14-17-15-25(18-6-3-2-4-7-18)23-20(17)19-8-5-13-27-19;/h2-8,13,15-16,22H,9-12,14H2,1H3;1H. The number of aromatic nitrogens is 2. The first kappa shape index (κ1) is 20.6. The first-order valence-electron chi connectivity index (χ1n) is 9.36. The lowest BCUT2D eigenvalue weighted by atomic mass is 9.96. The molecular formula is C21H25ClN4OS. The monoisotopic (exact) mass is 416 g/mol. The molecule has 28 heavy (non-hydrogen) atoms. The summed E-state index contributed by atoms with van der Waals surface area (Å²) >= 11 is 1.67. The van der Waals surface area contributed by atoms with E-state index in [2.05, 4.69) is 23.0 Å². The second-order valence-electron chi connectivity index (χ2n) is 6.98. The number of benzene rings is 1. The predicted octanol–water partition coefficient (Wildman–Crippen LogP) is 3.98. The van der Waals surface area contributed by atoms with Crippen LogP contribution in [0.2, 0.25) is 0 Å². The molecule has 5 nitrogen and oxygen atoms in total. The van der Waals surface area contributed by atoms with Gasteiger partial charge in [0.05, 0.1) is 10.6 Å². The first-order valence-corrected chi connectivity index (χ1v) is 10.2. The maximum atomic E-state index is 12.9. The molecule has 0 spiro atoms. The van der Waals surface area contributed by atoms with Crippen LogP contribution in [0.25, 0.3) is 16.3 Å². The number of nitrogens with zero attached hydrogens (tertiary/aromatic N) is 3. The van der Waals surface area contributed by atoms with Crippen LogP contribution >= 0.6 is 23.7 Å². The van der Waals surface area contributed by atoms with E-state index < -0.39 is 0 Å². The van der Waals surface area contributed by atoms with Gasteiger partial charge in [0.15, 0.2) is 0 Å². The summed E-state index contributed by atoms with van der Waals surface area (Å²) in [6.45, 7) is 2.43. The lowest BCUT2D eigenvalue weighted by Gasteiger charge is -2.26. The van der Waals surface area contributed by atoms with E-state index in [-0.39, 0.29) is 24.2 Å². The fraction of sp³-hybridized carbons (Fsp3) is 0.333. The summed E-state index contributed by atoms with van der Waals surface area (Å²) in [5.41, 5.74) is 3.05. The molecule has 3 aromatic rings. The quantitative estimate of drug-likeness (QED) is 0.684. The highest BCUT2D eigenvalue weighted by Crippen LogP contribution is 2.29. The number of halogens is 1. The Hall–Kier alpha value is -2.15. The van der Waals surface area contributed by atoms with Gasteiger partial charge in [-0.3, -0.25) is 4.79 Å². The van der Waals surface area contributed by atoms with E-state index in [1.165, 1.54) is 0 Å². The van der Waals surface area contributed by atoms with Gasteiger partial charge in [0.2, 0.25) is 5.91 Å². The van der Waals surface area contributed by atoms with Gasteiger partial charge in [0.1, 0.15) is 5.69 Å². The molecule has 0 unspecified atom stereocenters. The van der Waals surface area contributed by atoms with E-state index in [4.69, 9.17) is 5.10 Å². The minimum absolute atomic E-state index is 0. The van der Waals surface area contributed by atoms with Gasteiger partial charge in [0, 0.05) is 31.3 Å². The second kappa shape index (κ2) is 9.37. The van der Waals surface area contributed by atoms with Gasteiger partial charge in [-0.2, -0.15) is 5.10 Å². The van der Waals surface area contributed by atoms with Crippen molar-refractivity contribution in [1.29, 1.82) is 0 Å². The molecule has 1 saturated heterocycles. The van der Waals surface area contributed by atoms with Crippen molar-refractivity contribution >= 4 is 29.7 Å². The minimum atomic E-state index is 0. The van der Waals surface area contributed by atoms with Crippen LogP contribution in [0, 0.1) is 5.92 Å². The molecule has 1 aliphatic heterocycles. The average Bonchev–Trinajstić information content (AvgIpc) is 3.38. The lowest BCUT2D eigenvalue weighted by Crippen LogP contribution is -2.38. The zero-order chi connectivity index (χ0) is 18.6. The first-order chi connectivity index (χ1) is 13.2. The number of carbonyl (C=O) groups is 1. The maximum absolute atomic E-state index is 12.9. The van der Waals surface area contributed by atoms with E-state index in [0.717, 1.165) is 47.8 Å². The summed E-state index contributed by atoms with van der Waals surface area (Å²) in [5.74, 6) is 0.367. The van der Waals surface area contributed by atoms with E-state index in [1.807, 2.05) is 53.0 Å². The molecule has 1 aromatic carbocycles. The molecule has 0 aliphatic carbocycles. The smallest absolute Gasteiger partial charge is 0.225 e. The molecule has 4 rings (SSSR count). The fourth-order valence-electron chi connectivity index (χ4n) is 3.57. The van der Waals surface area contributed by atoms with Crippen LogP contribution in [0.5, 0.6) is 0 Å². The zero-order valence-corrected chi connectivity index (χ0v) is 17.5. The van der Waals surface area contributed by atoms with E-state index in [1.54, 1.807) is 11.3 Å². The highest BCUT2D eigenvalue weighted by atomic mass is 35.5. The van der Waals surface area contributed by atoms with Crippen molar-refractivity contribution in [1.82, 2.24) is 20.0 Å². The summed E-state index contributed by atoms with van der Waals surface area (Å²) in [5, 5.41) is 10.2. The largest absolute Gasteiger partial charge is 0.341 e. The van der Waals surface area contributed by atoms with Gasteiger partial charge in [0.25, 0.3) is 0 Å². The van der Waals surface area contributed by atoms with Crippen LogP contribution < -0.4 is 5.32 Å². The summed E-state index contributed by atoms with van der Waals surface area (Å²) in [4.78, 5) is 15.8. The van der Waals surface area contributed by atoms with Gasteiger partial charge in [-0.25, -0.2) is 4.68 Å². The maximum Gasteiger partial charge on any atom is 0.225 e. The molecular weight excluding hydrogens is 392 g/mol. The van der Waals surface area contributed by atoms with Gasteiger partial charge >= 0.3 is 0 Å². The van der Waals surface area contributed by atoms with Crippen LogP contribution in [0.4, 0.5) is 0 Å². The third-order valence-corrected chi connectivity index (χ3v) is 5.91. The SMILES string of the molecule is CN(Cc1cn(-c2ccccc2)nc1-c1cccs1)C(=O)C1CCNCC1.Cl. The van der Waals surface area contributed by atoms with Crippen LogP contribution in [-0.4, -0.2) is 40.7 Å². The average molecular weight is 417 g/mol. The van der Waals surface area contributed by atoms with Crippen molar-refractivity contribution in [3.05, 3.63) is 59.6 Å². The molecule has 3 heterocycles. The number of nitrogens with one attached hydrogen (secondary N) is 1. The predicted molar refractivity (Wildman–Crippen MR) is 116 cm³/mol. The van der Waals surface area contributed by atoms with Crippen LogP contribution in [0.15, 0.2) is 54.0 Å². The Morgan fingerprint density at radius 1 is 1.21 bits per heavy atom. The molecule has 0 saturated carbocycles. The molecule has 0 radical (unpaired) electrons. The summed E-state index contributed by atoms with van der Waals surface area (Å²) in [7, 11) is 1.91. The van der Waals surface area contributed by atoms with Crippen LogP contribution in [0.3, 0.4) is 0 Å². The molecule has 0 atom stereocenters. The lowest BCUT2D eigenvalue weighted by molar-refractivity contribution is -0.135. The Balaban J connectivity index is 0.00000225. The third kappa shape index (κ3) is 4.46. The Kier molecular flexibility index (Phi) is 6.88. The number of carbonyl (C=O) groups excluding carboxylic acids is 1. The number of rotatable bonds is 5. The topological polar surface area (TPSA) is 50.2 Å².